The maximum atomic E-state index is 15.9. The fourth-order valence-corrected chi connectivity index (χ4v) is 9.51. The SMILES string of the molecule is CC(=O)OC[C@]1(O)[C@H](O)C[C@@H](OC(=O)c2ccccc2)[C@@]2(C)C(=O)[C@@H](OC(=O)c3ccccc3)C3=C(C)[C@H](OC(=O)c4ccccc4)C[C@]4(OC(=O)O[C@@H]4[C@H]12)C3(C)C. The smallest absolute Gasteiger partial charge is 0.463 e. The zero-order valence-electron chi connectivity index (χ0n) is 32.5. The van der Waals surface area contributed by atoms with E-state index in [0.717, 1.165) is 6.92 Å². The number of rotatable bonds is 8. The predicted octanol–water partition coefficient (Wildman–Crippen LogP) is 4.95. The highest BCUT2D eigenvalue weighted by Gasteiger charge is 2.79. The van der Waals surface area contributed by atoms with Crippen LogP contribution in [0.15, 0.2) is 102 Å². The van der Waals surface area contributed by atoms with Crippen molar-refractivity contribution in [3.8, 4) is 0 Å². The molecule has 3 fully saturated rings. The number of hydrogen-bond donors (Lipinski definition) is 2. The molecule has 2 bridgehead atoms. The van der Waals surface area contributed by atoms with Gasteiger partial charge in [-0.25, -0.2) is 19.2 Å². The Bertz CT molecular complexity index is 2170. The molecule has 2 N–H and O–H groups in total. The minimum absolute atomic E-state index is 0.0821. The van der Waals surface area contributed by atoms with Gasteiger partial charge >= 0.3 is 30.0 Å². The van der Waals surface area contributed by atoms with E-state index in [1.54, 1.807) is 87.5 Å². The van der Waals surface area contributed by atoms with Crippen molar-refractivity contribution >= 4 is 35.8 Å². The van der Waals surface area contributed by atoms with Crippen molar-refractivity contribution in [3.63, 3.8) is 0 Å². The van der Waals surface area contributed by atoms with E-state index in [2.05, 4.69) is 0 Å². The second-order valence-corrected chi connectivity index (χ2v) is 16.0. The summed E-state index contributed by atoms with van der Waals surface area (Å²) in [5.41, 5.74) is -7.43. The van der Waals surface area contributed by atoms with Gasteiger partial charge in [-0.05, 0) is 61.4 Å². The van der Waals surface area contributed by atoms with Gasteiger partial charge in [0.15, 0.2) is 23.6 Å². The monoisotopic (exact) mass is 796 g/mol. The molecule has 9 atom stereocenters. The Morgan fingerprint density at radius 2 is 1.28 bits per heavy atom. The summed E-state index contributed by atoms with van der Waals surface area (Å²) < 4.78 is 36.0. The molecule has 0 amide bonds. The van der Waals surface area contributed by atoms with Crippen molar-refractivity contribution in [2.75, 3.05) is 6.61 Å². The molecule has 304 valence electrons. The summed E-state index contributed by atoms with van der Waals surface area (Å²) in [6.45, 7) is 6.46. The van der Waals surface area contributed by atoms with E-state index in [0.29, 0.717) is 5.57 Å². The molecule has 1 aliphatic heterocycles. The summed E-state index contributed by atoms with van der Waals surface area (Å²) in [6, 6.07) is 23.9. The van der Waals surface area contributed by atoms with Gasteiger partial charge in [0.2, 0.25) is 0 Å². The summed E-state index contributed by atoms with van der Waals surface area (Å²) in [4.78, 5) is 83.6. The van der Waals surface area contributed by atoms with E-state index in [4.69, 9.17) is 28.4 Å². The third-order valence-electron chi connectivity index (χ3n) is 12.5. The van der Waals surface area contributed by atoms with E-state index in [1.165, 1.54) is 31.2 Å². The van der Waals surface area contributed by atoms with Gasteiger partial charge in [0.05, 0.1) is 34.1 Å². The number of ether oxygens (including phenoxy) is 6. The fraction of sp³-hybridized carbons (Fsp3) is 0.409. The van der Waals surface area contributed by atoms with Crippen molar-refractivity contribution in [2.24, 2.45) is 16.7 Å². The number of carbonyl (C=O) groups is 6. The van der Waals surface area contributed by atoms with Crippen molar-refractivity contribution in [3.05, 3.63) is 119 Å². The number of benzene rings is 3. The number of aliphatic hydroxyl groups is 2. The normalized spacial score (nSPS) is 32.2. The number of ketones is 1. The molecule has 1 spiro atoms. The van der Waals surface area contributed by atoms with Crippen LogP contribution >= 0.6 is 0 Å². The largest absolute Gasteiger partial charge is 0.509 e. The van der Waals surface area contributed by atoms with Crippen molar-refractivity contribution in [1.29, 1.82) is 0 Å². The summed E-state index contributed by atoms with van der Waals surface area (Å²) >= 11 is 0. The Balaban J connectivity index is 1.49. The van der Waals surface area contributed by atoms with Crippen LogP contribution in [0.2, 0.25) is 0 Å². The lowest BCUT2D eigenvalue weighted by atomic mass is 9.45. The summed E-state index contributed by atoms with van der Waals surface area (Å²) in [7, 11) is 0. The quantitative estimate of drug-likeness (QED) is 0.176. The Hall–Kier alpha value is -5.86. The molecule has 14 nitrogen and oxygen atoms in total. The highest BCUT2D eigenvalue weighted by Crippen LogP contribution is 2.65. The number of fused-ring (bicyclic) bond motifs is 3. The van der Waals surface area contributed by atoms with Crippen LogP contribution in [-0.4, -0.2) is 94.4 Å². The Morgan fingerprint density at radius 1 is 0.776 bits per heavy atom. The summed E-state index contributed by atoms with van der Waals surface area (Å²) in [5.74, 6) is -6.09. The second-order valence-electron chi connectivity index (χ2n) is 16.0. The number of aliphatic hydroxyl groups excluding tert-OH is 1. The molecule has 0 radical (unpaired) electrons. The average molecular weight is 797 g/mol. The molecule has 3 aromatic carbocycles. The third-order valence-corrected chi connectivity index (χ3v) is 12.5. The molecular weight excluding hydrogens is 752 g/mol. The Morgan fingerprint density at radius 3 is 1.79 bits per heavy atom. The lowest BCUT2D eigenvalue weighted by Crippen LogP contribution is -2.77. The molecule has 1 heterocycles. The number of carbonyl (C=O) groups excluding carboxylic acids is 6. The molecule has 3 aromatic rings. The molecular formula is C44H44O14. The first-order chi connectivity index (χ1) is 27.5. The van der Waals surface area contributed by atoms with Crippen LogP contribution in [0, 0.1) is 16.7 Å². The van der Waals surface area contributed by atoms with Crippen LogP contribution in [0.5, 0.6) is 0 Å². The maximum absolute atomic E-state index is 15.9. The van der Waals surface area contributed by atoms with E-state index in [9.17, 15) is 34.2 Å². The van der Waals surface area contributed by atoms with Crippen LogP contribution in [0.25, 0.3) is 0 Å². The number of hydrogen-bond acceptors (Lipinski definition) is 14. The van der Waals surface area contributed by atoms with Crippen molar-refractivity contribution in [1.82, 2.24) is 0 Å². The lowest BCUT2D eigenvalue weighted by molar-refractivity contribution is -0.266. The summed E-state index contributed by atoms with van der Waals surface area (Å²) in [6.07, 6.45) is -10.3. The van der Waals surface area contributed by atoms with Gasteiger partial charge in [-0.1, -0.05) is 68.4 Å². The van der Waals surface area contributed by atoms with Gasteiger partial charge in [-0.2, -0.15) is 0 Å². The Kier molecular flexibility index (Phi) is 10.3. The van der Waals surface area contributed by atoms with E-state index in [1.807, 2.05) is 0 Å². The minimum Gasteiger partial charge on any atom is -0.463 e. The van der Waals surface area contributed by atoms with Crippen LogP contribution in [0.3, 0.4) is 0 Å². The van der Waals surface area contributed by atoms with Crippen LogP contribution in [-0.2, 0) is 38.0 Å². The second kappa shape index (κ2) is 14.8. The summed E-state index contributed by atoms with van der Waals surface area (Å²) in [5, 5.41) is 24.8. The van der Waals surface area contributed by atoms with Gasteiger partial charge in [-0.3, -0.25) is 9.59 Å². The molecule has 14 heteroatoms. The average Bonchev–Trinajstić information content (AvgIpc) is 3.53. The van der Waals surface area contributed by atoms with Gasteiger partial charge in [-0.15, -0.1) is 0 Å². The molecule has 1 saturated heterocycles. The molecule has 3 aliphatic carbocycles. The standard InChI is InChI=1S/C44H44O14/c1-24-29(54-37(48)26-15-9-6-10-16-26)22-44-36(57-40(51)58-44)34-42(5,35(47)33(32(24)41(44,3)4)56-39(50)28-19-13-8-14-20-28)31(55-38(49)27-17-11-7-12-18-27)21-30(46)43(34,52)23-53-25(2)45/h6-20,29-31,33-34,36,46,52H,21-23H2,1-5H3/t29-,30-,31-,33+,34+,36-,42-,43+,44-/m1/s1. The molecule has 0 unspecified atom stereocenters. The molecule has 4 aliphatic rings. The van der Waals surface area contributed by atoms with Gasteiger partial charge in [0, 0.05) is 25.2 Å². The van der Waals surface area contributed by atoms with Crippen molar-refractivity contribution in [2.45, 2.75) is 89.2 Å². The van der Waals surface area contributed by atoms with Gasteiger partial charge in [0.25, 0.3) is 0 Å². The van der Waals surface area contributed by atoms with Crippen LogP contribution < -0.4 is 0 Å². The topological polar surface area (TPSA) is 198 Å². The highest BCUT2D eigenvalue weighted by atomic mass is 16.8. The highest BCUT2D eigenvalue weighted by molar-refractivity contribution is 5.98. The molecule has 0 aromatic heterocycles. The molecule has 7 rings (SSSR count). The maximum Gasteiger partial charge on any atom is 0.509 e. The first kappa shape index (κ1) is 40.3. The zero-order valence-corrected chi connectivity index (χ0v) is 32.5. The van der Waals surface area contributed by atoms with Gasteiger partial charge in [0.1, 0.15) is 24.4 Å². The van der Waals surface area contributed by atoms with E-state index < -0.39 is 107 Å². The van der Waals surface area contributed by atoms with Crippen molar-refractivity contribution < 1.29 is 67.4 Å². The number of Topliss-reactive ketones (excluding diaryl/α,β-unsaturated/α-hetero) is 1. The predicted molar refractivity (Wildman–Crippen MR) is 201 cm³/mol. The number of esters is 4. The zero-order chi connectivity index (χ0) is 41.8. The Labute approximate surface area is 334 Å². The van der Waals surface area contributed by atoms with E-state index in [-0.39, 0.29) is 28.7 Å². The molecule has 58 heavy (non-hydrogen) atoms. The first-order valence-electron chi connectivity index (χ1n) is 18.9. The lowest BCUT2D eigenvalue weighted by Gasteiger charge is -2.62. The molecule has 2 saturated carbocycles. The van der Waals surface area contributed by atoms with Crippen LogP contribution in [0.1, 0.15) is 78.5 Å². The minimum atomic E-state index is -2.59. The fourth-order valence-electron chi connectivity index (χ4n) is 9.51. The van der Waals surface area contributed by atoms with Gasteiger partial charge < -0.3 is 38.6 Å². The van der Waals surface area contributed by atoms with Crippen LogP contribution in [0.4, 0.5) is 4.79 Å². The first-order valence-corrected chi connectivity index (χ1v) is 18.9. The van der Waals surface area contributed by atoms with E-state index >= 15 is 4.79 Å². The third kappa shape index (κ3) is 6.44.